The van der Waals surface area contributed by atoms with E-state index < -0.39 is 0 Å². The Bertz CT molecular complexity index is 1510. The molecular formula is C22H16N6O2S. The molecule has 4 aromatic heterocycles. The quantitative estimate of drug-likeness (QED) is 0.314. The predicted molar refractivity (Wildman–Crippen MR) is 118 cm³/mol. The molecule has 0 spiro atoms. The highest BCUT2D eigenvalue weighted by Crippen LogP contribution is 2.21. The lowest BCUT2D eigenvalue weighted by molar-refractivity contribution is 0.654. The van der Waals surface area contributed by atoms with E-state index in [2.05, 4.69) is 19.9 Å². The summed E-state index contributed by atoms with van der Waals surface area (Å²) in [7, 11) is 0. The maximum absolute atomic E-state index is 13.1. The second-order valence-electron chi connectivity index (χ2n) is 6.80. The van der Waals surface area contributed by atoms with E-state index in [9.17, 15) is 9.59 Å². The van der Waals surface area contributed by atoms with Crippen LogP contribution in [0.5, 0.6) is 0 Å². The van der Waals surface area contributed by atoms with Gasteiger partial charge in [0.25, 0.3) is 11.1 Å². The number of hydrogen-bond acceptors (Lipinski definition) is 7. The van der Waals surface area contributed by atoms with Gasteiger partial charge < -0.3 is 0 Å². The number of thioether (sulfide) groups is 1. The van der Waals surface area contributed by atoms with E-state index in [1.165, 1.54) is 34.6 Å². The molecule has 0 fully saturated rings. The molecule has 0 unspecified atom stereocenters. The van der Waals surface area contributed by atoms with Gasteiger partial charge in [0.1, 0.15) is 5.65 Å². The SMILES string of the molecule is O=c1c2nccnc2nc(SCc2cc(=O)n3ccccc3n2)n1Cc1ccccc1. The Labute approximate surface area is 180 Å². The molecule has 0 atom stereocenters. The third kappa shape index (κ3) is 3.82. The monoisotopic (exact) mass is 428 g/mol. The molecule has 0 saturated heterocycles. The van der Waals surface area contributed by atoms with Crippen molar-refractivity contribution in [3.63, 3.8) is 0 Å². The van der Waals surface area contributed by atoms with E-state index in [0.29, 0.717) is 34.4 Å². The van der Waals surface area contributed by atoms with Crippen molar-refractivity contribution in [2.45, 2.75) is 17.5 Å². The van der Waals surface area contributed by atoms with Gasteiger partial charge in [0.15, 0.2) is 16.3 Å². The average molecular weight is 428 g/mol. The van der Waals surface area contributed by atoms with Crippen LogP contribution in [0.4, 0.5) is 0 Å². The molecule has 152 valence electrons. The van der Waals surface area contributed by atoms with E-state index in [1.807, 2.05) is 36.4 Å². The molecule has 0 aliphatic heterocycles. The fourth-order valence-corrected chi connectivity index (χ4v) is 4.14. The summed E-state index contributed by atoms with van der Waals surface area (Å²) in [6.45, 7) is 0.356. The zero-order chi connectivity index (χ0) is 21.2. The second-order valence-corrected chi connectivity index (χ2v) is 7.75. The maximum Gasteiger partial charge on any atom is 0.282 e. The minimum absolute atomic E-state index is 0.153. The van der Waals surface area contributed by atoms with Crippen LogP contribution in [0.3, 0.4) is 0 Å². The first-order valence-electron chi connectivity index (χ1n) is 9.55. The Hall–Kier alpha value is -3.85. The highest BCUT2D eigenvalue weighted by atomic mass is 32.2. The van der Waals surface area contributed by atoms with Crippen molar-refractivity contribution in [1.82, 2.24) is 28.9 Å². The second kappa shape index (κ2) is 8.11. The van der Waals surface area contributed by atoms with Crippen LogP contribution in [0.15, 0.2) is 87.9 Å². The minimum atomic E-state index is -0.254. The number of benzene rings is 1. The van der Waals surface area contributed by atoms with Crippen LogP contribution in [0.1, 0.15) is 11.3 Å². The van der Waals surface area contributed by atoms with Crippen LogP contribution in [0, 0.1) is 0 Å². The Morgan fingerprint density at radius 3 is 2.58 bits per heavy atom. The van der Waals surface area contributed by atoms with Crippen molar-refractivity contribution in [1.29, 1.82) is 0 Å². The molecule has 31 heavy (non-hydrogen) atoms. The summed E-state index contributed by atoms with van der Waals surface area (Å²) in [5, 5.41) is 0.497. The summed E-state index contributed by atoms with van der Waals surface area (Å²) in [6.07, 6.45) is 4.68. The lowest BCUT2D eigenvalue weighted by atomic mass is 10.2. The highest BCUT2D eigenvalue weighted by Gasteiger charge is 2.14. The van der Waals surface area contributed by atoms with Gasteiger partial charge in [-0.2, -0.15) is 0 Å². The van der Waals surface area contributed by atoms with E-state index in [0.717, 1.165) is 5.56 Å². The van der Waals surface area contributed by atoms with Gasteiger partial charge in [-0.15, -0.1) is 0 Å². The summed E-state index contributed by atoms with van der Waals surface area (Å²) in [4.78, 5) is 43.0. The third-order valence-corrected chi connectivity index (χ3v) is 5.73. The molecule has 0 aliphatic rings. The molecule has 5 rings (SSSR count). The molecule has 8 nitrogen and oxygen atoms in total. The van der Waals surface area contributed by atoms with Crippen LogP contribution >= 0.6 is 11.8 Å². The van der Waals surface area contributed by atoms with Gasteiger partial charge in [0.2, 0.25) is 0 Å². The smallest absolute Gasteiger partial charge is 0.281 e. The molecule has 9 heteroatoms. The van der Waals surface area contributed by atoms with Crippen molar-refractivity contribution in [2.75, 3.05) is 0 Å². The van der Waals surface area contributed by atoms with Gasteiger partial charge in [-0.05, 0) is 17.7 Å². The third-order valence-electron chi connectivity index (χ3n) is 4.72. The van der Waals surface area contributed by atoms with Crippen LogP contribution in [0.2, 0.25) is 0 Å². The first-order valence-corrected chi connectivity index (χ1v) is 10.5. The Balaban J connectivity index is 1.55. The molecule has 1 aromatic carbocycles. The molecule has 4 heterocycles. The van der Waals surface area contributed by atoms with E-state index in [1.54, 1.807) is 22.9 Å². The van der Waals surface area contributed by atoms with Gasteiger partial charge in [-0.3, -0.25) is 18.6 Å². The molecule has 5 aromatic rings. The van der Waals surface area contributed by atoms with Gasteiger partial charge in [-0.1, -0.05) is 48.2 Å². The zero-order valence-corrected chi connectivity index (χ0v) is 17.1. The molecule has 0 radical (unpaired) electrons. The minimum Gasteiger partial charge on any atom is -0.281 e. The molecule has 0 amide bonds. The van der Waals surface area contributed by atoms with Crippen molar-refractivity contribution in [2.24, 2.45) is 0 Å². The summed E-state index contributed by atoms with van der Waals surface area (Å²) < 4.78 is 3.08. The molecule has 0 bridgehead atoms. The van der Waals surface area contributed by atoms with Crippen LogP contribution in [-0.2, 0) is 12.3 Å². The lowest BCUT2D eigenvalue weighted by Crippen LogP contribution is -2.25. The van der Waals surface area contributed by atoms with Crippen LogP contribution in [0.25, 0.3) is 16.8 Å². The first kappa shape index (κ1) is 19.1. The fourth-order valence-electron chi connectivity index (χ4n) is 3.26. The normalized spacial score (nSPS) is 11.2. The molecule has 0 aliphatic carbocycles. The van der Waals surface area contributed by atoms with Gasteiger partial charge in [0, 0.05) is 30.4 Å². The number of aromatic nitrogens is 6. The van der Waals surface area contributed by atoms with Gasteiger partial charge in [0.05, 0.1) is 12.2 Å². The average Bonchev–Trinajstić information content (AvgIpc) is 2.80. The van der Waals surface area contributed by atoms with Gasteiger partial charge in [-0.25, -0.2) is 19.9 Å². The molecule has 0 saturated carbocycles. The number of hydrogen-bond donors (Lipinski definition) is 0. The van der Waals surface area contributed by atoms with Crippen LogP contribution < -0.4 is 11.1 Å². The number of nitrogens with zero attached hydrogens (tertiary/aromatic N) is 6. The largest absolute Gasteiger partial charge is 0.282 e. The lowest BCUT2D eigenvalue weighted by Gasteiger charge is -2.12. The summed E-state index contributed by atoms with van der Waals surface area (Å²) in [5.74, 6) is 0.383. The van der Waals surface area contributed by atoms with Crippen molar-refractivity contribution in [3.8, 4) is 0 Å². The topological polar surface area (TPSA) is 95.0 Å². The number of rotatable bonds is 5. The Morgan fingerprint density at radius 2 is 1.71 bits per heavy atom. The summed E-state index contributed by atoms with van der Waals surface area (Å²) >= 11 is 1.34. The first-order chi connectivity index (χ1) is 15.2. The summed E-state index contributed by atoms with van der Waals surface area (Å²) in [5.41, 5.74) is 2.27. The summed E-state index contributed by atoms with van der Waals surface area (Å²) in [6, 6.07) is 16.6. The van der Waals surface area contributed by atoms with Crippen molar-refractivity contribution in [3.05, 3.63) is 105 Å². The standard InChI is InChI=1S/C22H16N6O2S/c29-18-12-16(25-17-8-4-5-11-27(17)18)14-31-22-26-20-19(23-9-10-24-20)21(30)28(22)13-15-6-2-1-3-7-15/h1-12H,13-14H2. The predicted octanol–water partition coefficient (Wildman–Crippen LogP) is 2.54. The zero-order valence-electron chi connectivity index (χ0n) is 16.3. The fraction of sp³-hybridized carbons (Fsp3) is 0.0909. The van der Waals surface area contributed by atoms with E-state index in [-0.39, 0.29) is 16.6 Å². The number of pyridine rings is 1. The Kier molecular flexibility index (Phi) is 5.01. The molecule has 0 N–H and O–H groups in total. The van der Waals surface area contributed by atoms with Crippen molar-refractivity contribution < 1.29 is 0 Å². The van der Waals surface area contributed by atoms with Gasteiger partial charge >= 0.3 is 0 Å². The Morgan fingerprint density at radius 1 is 0.903 bits per heavy atom. The van der Waals surface area contributed by atoms with Crippen LogP contribution in [-0.4, -0.2) is 28.9 Å². The van der Waals surface area contributed by atoms with E-state index in [4.69, 9.17) is 0 Å². The number of fused-ring (bicyclic) bond motifs is 2. The van der Waals surface area contributed by atoms with E-state index >= 15 is 0 Å². The van der Waals surface area contributed by atoms with Crippen molar-refractivity contribution >= 4 is 28.6 Å². The highest BCUT2D eigenvalue weighted by molar-refractivity contribution is 7.98. The molecular weight excluding hydrogens is 412 g/mol. The maximum atomic E-state index is 13.1.